The zero-order chi connectivity index (χ0) is 23.0. The standard InChI is InChI=1S/C20H25N5O5S/c1-19(2)20(18(29)30,25-14(27)10-15(25)31-19)24-17(28)16(11-6-4-3-5-7-11)23-13(26)9-8-12(21)22/h3-7,15-16H,8-10H2,1-2H3,(H3,21,22)(H,23,26)(H,24,28)(H,29,30)/t15-,16?,20+/m1/s1. The number of carboxylic acids is 1. The zero-order valence-electron chi connectivity index (χ0n) is 17.2. The predicted octanol–water partition coefficient (Wildman–Crippen LogP) is 0.541. The number of nitrogens with two attached hydrogens (primary N) is 1. The fourth-order valence-corrected chi connectivity index (χ4v) is 5.60. The molecule has 0 saturated carbocycles. The number of β-lactam (4-membered cyclic amide) rings is 1. The lowest BCUT2D eigenvalue weighted by Gasteiger charge is -2.46. The summed E-state index contributed by atoms with van der Waals surface area (Å²) in [7, 11) is 0. The van der Waals surface area contributed by atoms with Crippen LogP contribution in [0.1, 0.15) is 44.7 Å². The maximum Gasteiger partial charge on any atom is 0.352 e. The fraction of sp³-hybridized carbons (Fsp3) is 0.450. The summed E-state index contributed by atoms with van der Waals surface area (Å²) < 4.78 is -1.01. The number of rotatable bonds is 8. The van der Waals surface area contributed by atoms with Gasteiger partial charge in [0.2, 0.25) is 23.4 Å². The molecule has 0 aromatic heterocycles. The molecule has 166 valence electrons. The summed E-state index contributed by atoms with van der Waals surface area (Å²) in [6.07, 6.45) is 0.147. The van der Waals surface area contributed by atoms with Crippen LogP contribution in [-0.2, 0) is 19.2 Å². The Kier molecular flexibility index (Phi) is 5.99. The molecular weight excluding hydrogens is 422 g/mol. The monoisotopic (exact) mass is 447 g/mol. The Morgan fingerprint density at radius 1 is 1.29 bits per heavy atom. The lowest BCUT2D eigenvalue weighted by Crippen LogP contribution is -2.75. The molecule has 3 amide bonds. The van der Waals surface area contributed by atoms with E-state index in [4.69, 9.17) is 11.1 Å². The van der Waals surface area contributed by atoms with Gasteiger partial charge in [0.05, 0.1) is 22.4 Å². The van der Waals surface area contributed by atoms with E-state index in [-0.39, 0.29) is 36.4 Å². The van der Waals surface area contributed by atoms with Crippen LogP contribution >= 0.6 is 11.8 Å². The summed E-state index contributed by atoms with van der Waals surface area (Å²) in [5.74, 6) is -3.12. The van der Waals surface area contributed by atoms with Crippen LogP contribution in [-0.4, -0.2) is 55.3 Å². The van der Waals surface area contributed by atoms with Gasteiger partial charge >= 0.3 is 5.97 Å². The molecule has 3 rings (SSSR count). The minimum Gasteiger partial charge on any atom is -0.478 e. The Bertz CT molecular complexity index is 937. The van der Waals surface area contributed by atoms with Gasteiger partial charge in [0.15, 0.2) is 0 Å². The molecule has 10 nitrogen and oxygen atoms in total. The quantitative estimate of drug-likeness (QED) is 0.220. The zero-order valence-corrected chi connectivity index (χ0v) is 18.0. The normalized spacial score (nSPS) is 24.5. The minimum absolute atomic E-state index is 0.0294. The Balaban J connectivity index is 1.91. The van der Waals surface area contributed by atoms with Gasteiger partial charge in [-0.1, -0.05) is 30.3 Å². The second kappa shape index (κ2) is 8.22. The van der Waals surface area contributed by atoms with Crippen LogP contribution in [0.3, 0.4) is 0 Å². The van der Waals surface area contributed by atoms with Crippen LogP contribution in [0.25, 0.3) is 0 Å². The van der Waals surface area contributed by atoms with Gasteiger partial charge in [-0.25, -0.2) is 4.79 Å². The highest BCUT2D eigenvalue weighted by molar-refractivity contribution is 8.01. The maximum absolute atomic E-state index is 13.4. The van der Waals surface area contributed by atoms with Gasteiger partial charge in [0, 0.05) is 12.8 Å². The Morgan fingerprint density at radius 3 is 2.48 bits per heavy atom. The van der Waals surface area contributed by atoms with Crippen molar-refractivity contribution < 1.29 is 24.3 Å². The number of nitrogens with one attached hydrogen (secondary N) is 3. The third kappa shape index (κ3) is 3.97. The van der Waals surface area contributed by atoms with Gasteiger partial charge in [-0.2, -0.15) is 0 Å². The number of nitrogens with zero attached hydrogens (tertiary/aromatic N) is 1. The van der Waals surface area contributed by atoms with Crippen molar-refractivity contribution in [2.24, 2.45) is 5.73 Å². The molecule has 31 heavy (non-hydrogen) atoms. The summed E-state index contributed by atoms with van der Waals surface area (Å²) in [4.78, 5) is 51.6. The molecule has 2 heterocycles. The number of carboxylic acid groups (broad SMARTS) is 1. The number of hydrogen-bond acceptors (Lipinski definition) is 6. The molecule has 0 spiro atoms. The molecule has 1 aromatic rings. The number of aliphatic carboxylic acids is 1. The van der Waals surface area contributed by atoms with Crippen molar-refractivity contribution in [3.63, 3.8) is 0 Å². The van der Waals surface area contributed by atoms with Crippen LogP contribution in [0.5, 0.6) is 0 Å². The van der Waals surface area contributed by atoms with Gasteiger partial charge in [0.25, 0.3) is 0 Å². The van der Waals surface area contributed by atoms with E-state index >= 15 is 0 Å². The van der Waals surface area contributed by atoms with Crippen LogP contribution in [0.4, 0.5) is 0 Å². The van der Waals surface area contributed by atoms with Crippen molar-refractivity contribution in [3.8, 4) is 0 Å². The van der Waals surface area contributed by atoms with Crippen molar-refractivity contribution in [2.75, 3.05) is 0 Å². The number of amidine groups is 1. The van der Waals surface area contributed by atoms with E-state index in [1.54, 1.807) is 44.2 Å². The molecule has 6 N–H and O–H groups in total. The van der Waals surface area contributed by atoms with Crippen LogP contribution in [0.15, 0.2) is 30.3 Å². The predicted molar refractivity (Wildman–Crippen MR) is 114 cm³/mol. The molecule has 0 radical (unpaired) electrons. The van der Waals surface area contributed by atoms with E-state index in [9.17, 15) is 24.3 Å². The molecule has 1 unspecified atom stereocenters. The van der Waals surface area contributed by atoms with Crippen LogP contribution < -0.4 is 16.4 Å². The van der Waals surface area contributed by atoms with E-state index in [1.807, 2.05) is 0 Å². The molecule has 2 aliphatic rings. The van der Waals surface area contributed by atoms with Crippen LogP contribution in [0, 0.1) is 5.41 Å². The smallest absolute Gasteiger partial charge is 0.352 e. The Labute approximate surface area is 183 Å². The third-order valence-electron chi connectivity index (χ3n) is 5.50. The number of amides is 3. The summed E-state index contributed by atoms with van der Waals surface area (Å²) in [5, 5.41) is 22.2. The van der Waals surface area contributed by atoms with Crippen molar-refractivity contribution in [3.05, 3.63) is 35.9 Å². The molecular formula is C20H25N5O5S. The average Bonchev–Trinajstić information content (AvgIpc) is 2.87. The topological polar surface area (TPSA) is 166 Å². The van der Waals surface area contributed by atoms with Crippen molar-refractivity contribution in [1.29, 1.82) is 5.41 Å². The highest BCUT2D eigenvalue weighted by Crippen LogP contribution is 2.55. The first-order valence-corrected chi connectivity index (χ1v) is 10.6. The fourth-order valence-electron chi connectivity index (χ4n) is 3.90. The van der Waals surface area contributed by atoms with Crippen molar-refractivity contribution >= 4 is 41.3 Å². The van der Waals surface area contributed by atoms with Gasteiger partial charge in [-0.3, -0.25) is 24.7 Å². The maximum atomic E-state index is 13.4. The number of carbonyl (C=O) groups excluding carboxylic acids is 3. The summed E-state index contributed by atoms with van der Waals surface area (Å²) in [6, 6.07) is 7.20. The van der Waals surface area contributed by atoms with Gasteiger partial charge in [0.1, 0.15) is 6.04 Å². The Morgan fingerprint density at radius 2 is 1.94 bits per heavy atom. The number of benzene rings is 1. The molecule has 1 aromatic carbocycles. The van der Waals surface area contributed by atoms with Gasteiger partial charge < -0.3 is 21.5 Å². The first kappa shape index (κ1) is 22.6. The lowest BCUT2D eigenvalue weighted by atomic mass is 9.89. The van der Waals surface area contributed by atoms with E-state index in [2.05, 4.69) is 10.6 Å². The molecule has 11 heteroatoms. The summed E-state index contributed by atoms with van der Waals surface area (Å²) in [5.41, 5.74) is 3.80. The van der Waals surface area contributed by atoms with E-state index < -0.39 is 34.2 Å². The SMILES string of the molecule is CC1(C)S[C@@H]2CC(=O)N2[C@@]1(NC(=O)C(NC(=O)CCC(=N)N)c1ccccc1)C(=O)O. The number of thioether (sulfide) groups is 1. The molecule has 2 aliphatic heterocycles. The third-order valence-corrected chi connectivity index (χ3v) is 7.04. The Hall–Kier alpha value is -3.08. The molecule has 0 bridgehead atoms. The average molecular weight is 448 g/mol. The van der Waals surface area contributed by atoms with Crippen molar-refractivity contribution in [2.45, 2.75) is 54.9 Å². The first-order chi connectivity index (χ1) is 14.5. The molecule has 0 aliphatic carbocycles. The first-order valence-electron chi connectivity index (χ1n) is 9.72. The van der Waals surface area contributed by atoms with E-state index in [0.29, 0.717) is 5.56 Å². The van der Waals surface area contributed by atoms with Crippen molar-refractivity contribution in [1.82, 2.24) is 15.5 Å². The lowest BCUT2D eigenvalue weighted by molar-refractivity contribution is -0.173. The van der Waals surface area contributed by atoms with E-state index in [0.717, 1.165) is 0 Å². The van der Waals surface area contributed by atoms with Crippen LogP contribution in [0.2, 0.25) is 0 Å². The van der Waals surface area contributed by atoms with Gasteiger partial charge in [-0.05, 0) is 19.4 Å². The highest BCUT2D eigenvalue weighted by Gasteiger charge is 2.70. The summed E-state index contributed by atoms with van der Waals surface area (Å²) >= 11 is 1.32. The highest BCUT2D eigenvalue weighted by atomic mass is 32.2. The van der Waals surface area contributed by atoms with E-state index in [1.165, 1.54) is 16.7 Å². The van der Waals surface area contributed by atoms with Gasteiger partial charge in [-0.15, -0.1) is 11.8 Å². The largest absolute Gasteiger partial charge is 0.478 e. The second-order valence-electron chi connectivity index (χ2n) is 7.99. The number of fused-ring (bicyclic) bond motifs is 1. The number of hydrogen-bond donors (Lipinski definition) is 5. The summed E-state index contributed by atoms with van der Waals surface area (Å²) in [6.45, 7) is 3.33. The molecule has 2 saturated heterocycles. The number of carbonyl (C=O) groups is 4. The molecule has 2 fully saturated rings. The molecule has 3 atom stereocenters. The minimum atomic E-state index is -1.95. The second-order valence-corrected chi connectivity index (χ2v) is 9.79.